The molecule has 1 aromatic heterocycles. The molecule has 0 amide bonds. The normalized spacial score (nSPS) is 11.4. The first-order valence-corrected chi connectivity index (χ1v) is 7.63. The average Bonchev–Trinajstić information content (AvgIpc) is 3.09. The number of aliphatic imine (C=N–C) groups is 1. The van der Waals surface area contributed by atoms with Crippen LogP contribution in [-0.2, 0) is 0 Å². The van der Waals surface area contributed by atoms with Crippen molar-refractivity contribution >= 4 is 11.6 Å². The van der Waals surface area contributed by atoms with Gasteiger partial charge in [0.2, 0.25) is 5.96 Å². The standard InChI is InChI=1S/C17H21N5O2/c1-12(2)6-7-21-17(19)22(10-18)13-4-5-14(15(8-13)23-3)16-9-20-11-24-16/h4-5,8-9,11-12H,6-7H2,1-3H3,(H2,19,21). The Labute approximate surface area is 141 Å². The van der Waals surface area contributed by atoms with Crippen molar-refractivity contribution in [1.29, 1.82) is 5.26 Å². The van der Waals surface area contributed by atoms with Gasteiger partial charge in [-0.15, -0.1) is 0 Å². The van der Waals surface area contributed by atoms with E-state index in [0.29, 0.717) is 29.7 Å². The monoisotopic (exact) mass is 327 g/mol. The molecule has 2 N–H and O–H groups in total. The van der Waals surface area contributed by atoms with Crippen molar-refractivity contribution in [3.8, 4) is 23.3 Å². The van der Waals surface area contributed by atoms with Crippen LogP contribution in [0.5, 0.6) is 5.75 Å². The molecule has 126 valence electrons. The Balaban J connectivity index is 2.28. The maximum atomic E-state index is 9.42. The van der Waals surface area contributed by atoms with Crippen LogP contribution >= 0.6 is 0 Å². The maximum Gasteiger partial charge on any atom is 0.209 e. The Morgan fingerprint density at radius 3 is 2.88 bits per heavy atom. The van der Waals surface area contributed by atoms with Crippen molar-refractivity contribution in [3.05, 3.63) is 30.8 Å². The van der Waals surface area contributed by atoms with E-state index in [1.54, 1.807) is 31.5 Å². The summed E-state index contributed by atoms with van der Waals surface area (Å²) in [5, 5.41) is 9.42. The lowest BCUT2D eigenvalue weighted by Crippen LogP contribution is -2.33. The summed E-state index contributed by atoms with van der Waals surface area (Å²) in [5.74, 6) is 1.82. The van der Waals surface area contributed by atoms with Gasteiger partial charge >= 0.3 is 0 Å². The van der Waals surface area contributed by atoms with Crippen LogP contribution in [0.15, 0.2) is 40.2 Å². The second-order valence-electron chi connectivity index (χ2n) is 5.61. The van der Waals surface area contributed by atoms with Crippen molar-refractivity contribution in [3.63, 3.8) is 0 Å². The van der Waals surface area contributed by atoms with Crippen molar-refractivity contribution < 1.29 is 9.15 Å². The summed E-state index contributed by atoms with van der Waals surface area (Å²) < 4.78 is 10.7. The van der Waals surface area contributed by atoms with Gasteiger partial charge < -0.3 is 14.9 Å². The summed E-state index contributed by atoms with van der Waals surface area (Å²) in [5.41, 5.74) is 7.27. The zero-order chi connectivity index (χ0) is 17.5. The molecule has 7 heteroatoms. The average molecular weight is 327 g/mol. The van der Waals surface area contributed by atoms with Crippen LogP contribution in [0.25, 0.3) is 11.3 Å². The number of benzene rings is 1. The first kappa shape index (κ1) is 17.3. The lowest BCUT2D eigenvalue weighted by molar-refractivity contribution is 0.415. The van der Waals surface area contributed by atoms with Gasteiger partial charge in [-0.2, -0.15) is 5.26 Å². The Bertz CT molecular complexity index is 732. The van der Waals surface area contributed by atoms with E-state index >= 15 is 0 Å². The van der Waals surface area contributed by atoms with E-state index in [2.05, 4.69) is 23.8 Å². The summed E-state index contributed by atoms with van der Waals surface area (Å²) in [6.45, 7) is 4.80. The predicted octanol–water partition coefficient (Wildman–Crippen LogP) is 3.00. The zero-order valence-electron chi connectivity index (χ0n) is 14.1. The van der Waals surface area contributed by atoms with E-state index in [9.17, 15) is 5.26 Å². The molecule has 0 unspecified atom stereocenters. The Kier molecular flexibility index (Phi) is 5.79. The van der Waals surface area contributed by atoms with Crippen LogP contribution in [0.3, 0.4) is 0 Å². The highest BCUT2D eigenvalue weighted by atomic mass is 16.5. The number of aromatic nitrogens is 1. The van der Waals surface area contributed by atoms with Gasteiger partial charge in [0.1, 0.15) is 5.75 Å². The fraction of sp³-hybridized carbons (Fsp3) is 0.353. The van der Waals surface area contributed by atoms with E-state index in [-0.39, 0.29) is 5.96 Å². The molecule has 0 fully saturated rings. The van der Waals surface area contributed by atoms with Gasteiger partial charge in [-0.25, -0.2) is 9.88 Å². The van der Waals surface area contributed by atoms with E-state index < -0.39 is 0 Å². The molecule has 0 bridgehead atoms. The summed E-state index contributed by atoms with van der Waals surface area (Å²) in [6.07, 6.45) is 5.91. The molecule has 0 saturated carbocycles. The van der Waals surface area contributed by atoms with Crippen molar-refractivity contribution in [1.82, 2.24) is 4.98 Å². The molecular weight excluding hydrogens is 306 g/mol. The van der Waals surface area contributed by atoms with Crippen LogP contribution in [0.1, 0.15) is 20.3 Å². The number of hydrogen-bond donors (Lipinski definition) is 1. The molecule has 24 heavy (non-hydrogen) atoms. The summed E-state index contributed by atoms with van der Waals surface area (Å²) in [4.78, 5) is 9.44. The first-order chi connectivity index (χ1) is 11.6. The lowest BCUT2D eigenvalue weighted by atomic mass is 10.1. The number of guanidine groups is 1. The van der Waals surface area contributed by atoms with E-state index in [0.717, 1.165) is 12.0 Å². The molecule has 1 heterocycles. The Hall–Kier alpha value is -3.01. The molecule has 7 nitrogen and oxygen atoms in total. The highest BCUT2D eigenvalue weighted by Crippen LogP contribution is 2.33. The maximum absolute atomic E-state index is 9.42. The molecule has 0 aliphatic rings. The van der Waals surface area contributed by atoms with Crippen LogP contribution in [0, 0.1) is 17.4 Å². The van der Waals surface area contributed by atoms with E-state index in [1.165, 1.54) is 11.3 Å². The molecule has 2 rings (SSSR count). The molecule has 0 saturated heterocycles. The van der Waals surface area contributed by atoms with Crippen molar-refractivity contribution in [2.75, 3.05) is 18.6 Å². The third-order valence-electron chi connectivity index (χ3n) is 3.45. The fourth-order valence-corrected chi connectivity index (χ4v) is 2.12. The molecule has 0 aliphatic carbocycles. The quantitative estimate of drug-likeness (QED) is 0.379. The fourth-order valence-electron chi connectivity index (χ4n) is 2.12. The summed E-state index contributed by atoms with van der Waals surface area (Å²) in [6, 6.07) is 5.26. The second-order valence-corrected chi connectivity index (χ2v) is 5.61. The molecule has 0 aliphatic heterocycles. The zero-order valence-corrected chi connectivity index (χ0v) is 14.1. The summed E-state index contributed by atoms with van der Waals surface area (Å²) >= 11 is 0. The third-order valence-corrected chi connectivity index (χ3v) is 3.45. The van der Waals surface area contributed by atoms with Gasteiger partial charge in [-0.1, -0.05) is 13.8 Å². The van der Waals surface area contributed by atoms with Crippen LogP contribution in [0.4, 0.5) is 5.69 Å². The van der Waals surface area contributed by atoms with Gasteiger partial charge in [0, 0.05) is 12.6 Å². The van der Waals surface area contributed by atoms with Gasteiger partial charge in [0.15, 0.2) is 18.3 Å². The molecule has 0 radical (unpaired) electrons. The largest absolute Gasteiger partial charge is 0.496 e. The minimum absolute atomic E-state index is 0.160. The molecule has 0 atom stereocenters. The van der Waals surface area contributed by atoms with Gasteiger partial charge in [-0.05, 0) is 24.5 Å². The summed E-state index contributed by atoms with van der Waals surface area (Å²) in [7, 11) is 1.55. The Morgan fingerprint density at radius 1 is 1.50 bits per heavy atom. The number of nitrogens with zero attached hydrogens (tertiary/aromatic N) is 4. The number of oxazole rings is 1. The lowest BCUT2D eigenvalue weighted by Gasteiger charge is -2.16. The SMILES string of the molecule is COc1cc(N(C#N)C(N)=NCCC(C)C)ccc1-c1cnco1. The van der Waals surface area contributed by atoms with Gasteiger partial charge in [-0.3, -0.25) is 4.99 Å². The Morgan fingerprint density at radius 2 is 2.29 bits per heavy atom. The van der Waals surface area contributed by atoms with Crippen molar-refractivity contribution in [2.24, 2.45) is 16.6 Å². The van der Waals surface area contributed by atoms with Crippen LogP contribution in [0.2, 0.25) is 0 Å². The second kappa shape index (κ2) is 8.02. The number of hydrogen-bond acceptors (Lipinski definition) is 5. The number of methoxy groups -OCH3 is 1. The predicted molar refractivity (Wildman–Crippen MR) is 92.5 cm³/mol. The molecular formula is C17H21N5O2. The molecule has 2 aromatic rings. The highest BCUT2D eigenvalue weighted by molar-refractivity contribution is 5.97. The van der Waals surface area contributed by atoms with E-state index in [4.69, 9.17) is 14.9 Å². The van der Waals surface area contributed by atoms with E-state index in [1.807, 2.05) is 6.19 Å². The van der Waals surface area contributed by atoms with Crippen molar-refractivity contribution in [2.45, 2.75) is 20.3 Å². The number of rotatable bonds is 6. The number of nitriles is 1. The number of anilines is 1. The molecule has 0 spiro atoms. The smallest absolute Gasteiger partial charge is 0.209 e. The minimum Gasteiger partial charge on any atom is -0.496 e. The van der Waals surface area contributed by atoms with Gasteiger partial charge in [0.05, 0.1) is 24.6 Å². The number of ether oxygens (including phenoxy) is 1. The molecule has 1 aromatic carbocycles. The highest BCUT2D eigenvalue weighted by Gasteiger charge is 2.15. The van der Waals surface area contributed by atoms with Crippen LogP contribution < -0.4 is 15.4 Å². The third kappa shape index (κ3) is 4.04. The van der Waals surface area contributed by atoms with Crippen LogP contribution in [-0.4, -0.2) is 24.6 Å². The first-order valence-electron chi connectivity index (χ1n) is 7.63. The van der Waals surface area contributed by atoms with Gasteiger partial charge in [0.25, 0.3) is 0 Å². The minimum atomic E-state index is 0.160. The number of nitrogens with two attached hydrogens (primary N) is 1. The topological polar surface area (TPSA) is 101 Å².